The van der Waals surface area contributed by atoms with E-state index < -0.39 is 0 Å². The molecular weight excluding hydrogens is 274 g/mol. The first kappa shape index (κ1) is 14.8. The summed E-state index contributed by atoms with van der Waals surface area (Å²) in [6.45, 7) is 0.886. The predicted octanol–water partition coefficient (Wildman–Crippen LogP) is 2.91. The lowest BCUT2D eigenvalue weighted by Crippen LogP contribution is -2.23. The average Bonchev–Trinajstić information content (AvgIpc) is 3.07. The van der Waals surface area contributed by atoms with Crippen LogP contribution in [-0.4, -0.2) is 34.6 Å². The van der Waals surface area contributed by atoms with Crippen LogP contribution in [0.25, 0.3) is 0 Å². The Balaban J connectivity index is 1.58. The number of hydrogen-bond acceptors (Lipinski definition) is 5. The van der Waals surface area contributed by atoms with Gasteiger partial charge in [-0.05, 0) is 43.0 Å². The maximum absolute atomic E-state index is 4.64. The quantitative estimate of drug-likeness (QED) is 0.888. The van der Waals surface area contributed by atoms with Crippen LogP contribution in [0.15, 0.2) is 36.8 Å². The summed E-state index contributed by atoms with van der Waals surface area (Å²) in [4.78, 5) is 15.2. The Kier molecular flexibility index (Phi) is 4.83. The lowest BCUT2D eigenvalue weighted by Gasteiger charge is -2.19. The monoisotopic (exact) mass is 297 g/mol. The molecule has 0 radical (unpaired) electrons. The van der Waals surface area contributed by atoms with Crippen LogP contribution < -0.4 is 10.2 Å². The highest BCUT2D eigenvalue weighted by Crippen LogP contribution is 2.21. The Bertz CT molecular complexity index is 581. The second kappa shape index (κ2) is 7.20. The van der Waals surface area contributed by atoms with Crippen LogP contribution in [0.5, 0.6) is 0 Å². The van der Waals surface area contributed by atoms with E-state index in [1.54, 1.807) is 0 Å². The molecule has 0 aliphatic heterocycles. The Morgan fingerprint density at radius 3 is 2.68 bits per heavy atom. The van der Waals surface area contributed by atoms with Gasteiger partial charge in [0.1, 0.15) is 5.82 Å². The van der Waals surface area contributed by atoms with E-state index in [0.717, 1.165) is 24.7 Å². The van der Waals surface area contributed by atoms with E-state index in [9.17, 15) is 0 Å². The van der Waals surface area contributed by atoms with E-state index >= 15 is 0 Å². The SMILES string of the molecule is CN(CCc1ccncc1)c1nccc(NC2CCCC2)n1. The maximum Gasteiger partial charge on any atom is 0.226 e. The molecular formula is C17H23N5. The molecule has 1 fully saturated rings. The van der Waals surface area contributed by atoms with Crippen LogP contribution in [0.4, 0.5) is 11.8 Å². The van der Waals surface area contributed by atoms with Crippen molar-refractivity contribution in [3.63, 3.8) is 0 Å². The number of hydrogen-bond donors (Lipinski definition) is 1. The molecule has 116 valence electrons. The predicted molar refractivity (Wildman–Crippen MR) is 89.1 cm³/mol. The van der Waals surface area contributed by atoms with Gasteiger partial charge in [0, 0.05) is 38.2 Å². The van der Waals surface area contributed by atoms with Gasteiger partial charge >= 0.3 is 0 Å². The number of aromatic nitrogens is 3. The molecule has 5 nitrogen and oxygen atoms in total. The van der Waals surface area contributed by atoms with E-state index in [0.29, 0.717) is 6.04 Å². The summed E-state index contributed by atoms with van der Waals surface area (Å²) in [6.07, 6.45) is 11.6. The highest BCUT2D eigenvalue weighted by atomic mass is 15.2. The van der Waals surface area contributed by atoms with E-state index in [2.05, 4.69) is 25.2 Å². The molecule has 0 spiro atoms. The lowest BCUT2D eigenvalue weighted by atomic mass is 10.2. The van der Waals surface area contributed by atoms with Crippen molar-refractivity contribution in [2.24, 2.45) is 0 Å². The van der Waals surface area contributed by atoms with Gasteiger partial charge in [-0.1, -0.05) is 12.8 Å². The Hall–Kier alpha value is -2.17. The summed E-state index contributed by atoms with van der Waals surface area (Å²) < 4.78 is 0. The van der Waals surface area contributed by atoms with Gasteiger partial charge in [0.2, 0.25) is 5.95 Å². The minimum atomic E-state index is 0.574. The van der Waals surface area contributed by atoms with Crippen molar-refractivity contribution >= 4 is 11.8 Å². The molecule has 3 rings (SSSR count). The van der Waals surface area contributed by atoms with Gasteiger partial charge in [-0.25, -0.2) is 4.98 Å². The molecule has 22 heavy (non-hydrogen) atoms. The molecule has 0 amide bonds. The molecule has 1 saturated carbocycles. The summed E-state index contributed by atoms with van der Waals surface area (Å²) >= 11 is 0. The molecule has 2 aromatic rings. The van der Waals surface area contributed by atoms with Crippen molar-refractivity contribution < 1.29 is 0 Å². The molecule has 5 heteroatoms. The van der Waals surface area contributed by atoms with Crippen molar-refractivity contribution in [1.29, 1.82) is 0 Å². The van der Waals surface area contributed by atoms with Crippen LogP contribution in [0.1, 0.15) is 31.2 Å². The van der Waals surface area contributed by atoms with Gasteiger partial charge in [0.05, 0.1) is 0 Å². The highest BCUT2D eigenvalue weighted by molar-refractivity contribution is 5.41. The second-order valence-corrected chi connectivity index (χ2v) is 5.89. The van der Waals surface area contributed by atoms with Crippen molar-refractivity contribution in [3.8, 4) is 0 Å². The first-order valence-electron chi connectivity index (χ1n) is 8.01. The summed E-state index contributed by atoms with van der Waals surface area (Å²) in [5.74, 6) is 1.71. The van der Waals surface area contributed by atoms with E-state index in [-0.39, 0.29) is 0 Å². The minimum absolute atomic E-state index is 0.574. The fourth-order valence-corrected chi connectivity index (χ4v) is 2.84. The summed E-state index contributed by atoms with van der Waals surface area (Å²) in [7, 11) is 2.04. The fraction of sp³-hybridized carbons (Fsp3) is 0.471. The van der Waals surface area contributed by atoms with E-state index in [4.69, 9.17) is 0 Å². The number of nitrogens with zero attached hydrogens (tertiary/aromatic N) is 4. The number of nitrogens with one attached hydrogen (secondary N) is 1. The molecule has 2 aromatic heterocycles. The normalized spacial score (nSPS) is 15.0. The first-order chi connectivity index (χ1) is 10.8. The van der Waals surface area contributed by atoms with Crippen molar-refractivity contribution in [1.82, 2.24) is 15.0 Å². The molecule has 0 aromatic carbocycles. The van der Waals surface area contributed by atoms with Crippen LogP contribution in [-0.2, 0) is 6.42 Å². The topological polar surface area (TPSA) is 53.9 Å². The maximum atomic E-state index is 4.64. The lowest BCUT2D eigenvalue weighted by molar-refractivity contribution is 0.747. The van der Waals surface area contributed by atoms with Crippen LogP contribution >= 0.6 is 0 Å². The third-order valence-corrected chi connectivity index (χ3v) is 4.18. The van der Waals surface area contributed by atoms with E-state index in [1.807, 2.05) is 43.8 Å². The van der Waals surface area contributed by atoms with Gasteiger partial charge < -0.3 is 10.2 Å². The van der Waals surface area contributed by atoms with Gasteiger partial charge in [-0.2, -0.15) is 4.98 Å². The van der Waals surface area contributed by atoms with Crippen LogP contribution in [0.3, 0.4) is 0 Å². The fourth-order valence-electron chi connectivity index (χ4n) is 2.84. The average molecular weight is 297 g/mol. The largest absolute Gasteiger partial charge is 0.367 e. The third-order valence-electron chi connectivity index (χ3n) is 4.18. The molecule has 1 aliphatic rings. The van der Waals surface area contributed by atoms with Gasteiger partial charge in [0.25, 0.3) is 0 Å². The first-order valence-corrected chi connectivity index (χ1v) is 8.01. The number of anilines is 2. The molecule has 0 bridgehead atoms. The van der Waals surface area contributed by atoms with E-state index in [1.165, 1.54) is 31.2 Å². The number of likely N-dealkylation sites (N-methyl/N-ethyl adjacent to an activating group) is 1. The highest BCUT2D eigenvalue weighted by Gasteiger charge is 2.15. The standard InChI is InChI=1S/C17H23N5/c1-22(13-9-14-6-10-18-11-7-14)17-19-12-8-16(21-17)20-15-4-2-3-5-15/h6-8,10-12,15H,2-5,9,13H2,1H3,(H,19,20,21). The summed E-state index contributed by atoms with van der Waals surface area (Å²) in [5.41, 5.74) is 1.28. The molecule has 0 atom stereocenters. The number of pyridine rings is 1. The summed E-state index contributed by atoms with van der Waals surface area (Å²) in [6, 6.07) is 6.63. The molecule has 1 N–H and O–H groups in total. The zero-order chi connectivity index (χ0) is 15.2. The molecule has 1 aliphatic carbocycles. The molecule has 2 heterocycles. The molecule has 0 unspecified atom stereocenters. The zero-order valence-corrected chi connectivity index (χ0v) is 13.1. The second-order valence-electron chi connectivity index (χ2n) is 5.89. The van der Waals surface area contributed by atoms with Gasteiger partial charge in [0.15, 0.2) is 0 Å². The van der Waals surface area contributed by atoms with Crippen molar-refractivity contribution in [2.45, 2.75) is 38.1 Å². The summed E-state index contributed by atoms with van der Waals surface area (Å²) in [5, 5.41) is 3.52. The van der Waals surface area contributed by atoms with Crippen molar-refractivity contribution in [3.05, 3.63) is 42.4 Å². The van der Waals surface area contributed by atoms with Gasteiger partial charge in [-0.15, -0.1) is 0 Å². The number of rotatable bonds is 6. The third kappa shape index (κ3) is 3.93. The van der Waals surface area contributed by atoms with Gasteiger partial charge in [-0.3, -0.25) is 4.98 Å². The molecule has 0 saturated heterocycles. The smallest absolute Gasteiger partial charge is 0.226 e. The Morgan fingerprint density at radius 2 is 1.91 bits per heavy atom. The van der Waals surface area contributed by atoms with Crippen molar-refractivity contribution in [2.75, 3.05) is 23.8 Å². The Labute approximate surface area is 131 Å². The Morgan fingerprint density at radius 1 is 1.14 bits per heavy atom. The zero-order valence-electron chi connectivity index (χ0n) is 13.1. The van der Waals surface area contributed by atoms with Crippen LogP contribution in [0.2, 0.25) is 0 Å². The van der Waals surface area contributed by atoms with Crippen LogP contribution in [0, 0.1) is 0 Å². The minimum Gasteiger partial charge on any atom is -0.367 e.